The fraction of sp³-hybridized carbons (Fsp3) is 0.938. The summed E-state index contributed by atoms with van der Waals surface area (Å²) in [6.07, 6.45) is -0.592. The molecular weight excluding hydrogens is 353 g/mol. The minimum Gasteiger partial charge on any atom is -0.351 e. The number of rotatable bonds is 3. The van der Waals surface area contributed by atoms with E-state index in [-0.39, 0.29) is 37.4 Å². The minimum atomic E-state index is -0.962. The third-order valence-electron chi connectivity index (χ3n) is 6.28. The van der Waals surface area contributed by atoms with Gasteiger partial charge in [0.1, 0.15) is 6.17 Å². The molecule has 0 saturated carbocycles. The largest absolute Gasteiger partial charge is 0.351 e. The first-order valence-corrected chi connectivity index (χ1v) is 9.78. The van der Waals surface area contributed by atoms with Gasteiger partial charge in [0, 0.05) is 38.6 Å². The average molecular weight is 385 g/mol. The van der Waals surface area contributed by atoms with Gasteiger partial charge in [0.2, 0.25) is 5.91 Å². The lowest BCUT2D eigenvalue weighted by atomic mass is 9.88. The molecule has 11 heteroatoms. The molecule has 0 aliphatic carbocycles. The van der Waals surface area contributed by atoms with Crippen LogP contribution >= 0.6 is 0 Å². The number of halogens is 1. The second-order valence-corrected chi connectivity index (χ2v) is 8.21. The number of hydrazine groups is 2. The maximum Gasteiger partial charge on any atom is 0.229 e. The van der Waals surface area contributed by atoms with E-state index < -0.39 is 18.3 Å². The van der Waals surface area contributed by atoms with Crippen LogP contribution in [0.2, 0.25) is 0 Å². The van der Waals surface area contributed by atoms with E-state index in [1.807, 2.05) is 7.05 Å². The fourth-order valence-electron chi connectivity index (χ4n) is 4.87. The molecule has 7 N–H and O–H groups in total. The van der Waals surface area contributed by atoms with Crippen molar-refractivity contribution in [2.24, 2.45) is 17.6 Å². The molecule has 4 aliphatic heterocycles. The lowest BCUT2D eigenvalue weighted by Gasteiger charge is -2.42. The normalized spacial score (nSPS) is 44.4. The molecule has 27 heavy (non-hydrogen) atoms. The van der Waals surface area contributed by atoms with Gasteiger partial charge in [0.15, 0.2) is 0 Å². The van der Waals surface area contributed by atoms with Gasteiger partial charge in [-0.15, -0.1) is 0 Å². The van der Waals surface area contributed by atoms with Crippen molar-refractivity contribution in [3.05, 3.63) is 0 Å². The maximum absolute atomic E-state index is 13.6. The highest BCUT2D eigenvalue weighted by molar-refractivity contribution is 5.80. The van der Waals surface area contributed by atoms with Crippen LogP contribution in [0.5, 0.6) is 0 Å². The number of hydrogen-bond acceptors (Lipinski definition) is 9. The number of nitrogens with zero attached hydrogens (tertiary/aromatic N) is 3. The number of alkyl halides is 1. The Balaban J connectivity index is 1.45. The molecule has 4 saturated heterocycles. The number of piperidine rings is 1. The first-order chi connectivity index (χ1) is 12.9. The van der Waals surface area contributed by atoms with E-state index in [0.29, 0.717) is 5.92 Å². The predicted molar refractivity (Wildman–Crippen MR) is 98.2 cm³/mol. The van der Waals surface area contributed by atoms with E-state index in [4.69, 9.17) is 5.73 Å². The monoisotopic (exact) mass is 385 g/mol. The molecule has 0 aromatic carbocycles. The molecule has 4 heterocycles. The summed E-state index contributed by atoms with van der Waals surface area (Å²) in [6, 6.07) is 0.0230. The Morgan fingerprint density at radius 2 is 2.04 bits per heavy atom. The van der Waals surface area contributed by atoms with Crippen LogP contribution in [0.3, 0.4) is 0 Å². The molecule has 4 rings (SSSR count). The number of hydrogen-bond donors (Lipinski definition) is 6. The van der Waals surface area contributed by atoms with Crippen LogP contribution < -0.4 is 32.5 Å². The Bertz CT molecular complexity index is 554. The van der Waals surface area contributed by atoms with Crippen molar-refractivity contribution < 1.29 is 9.18 Å². The highest BCUT2D eigenvalue weighted by atomic mass is 19.1. The Hall–Kier alpha value is -0.920. The van der Waals surface area contributed by atoms with Crippen LogP contribution in [0.4, 0.5) is 4.39 Å². The summed E-state index contributed by atoms with van der Waals surface area (Å²) in [7, 11) is 4.10. The fourth-order valence-corrected chi connectivity index (χ4v) is 4.87. The molecule has 1 amide bonds. The van der Waals surface area contributed by atoms with Gasteiger partial charge >= 0.3 is 0 Å². The van der Waals surface area contributed by atoms with Crippen molar-refractivity contribution in [2.75, 3.05) is 46.9 Å². The van der Waals surface area contributed by atoms with Gasteiger partial charge < -0.3 is 16.0 Å². The van der Waals surface area contributed by atoms with Crippen molar-refractivity contribution in [3.63, 3.8) is 0 Å². The maximum atomic E-state index is 13.6. The molecule has 0 radical (unpaired) electrons. The first-order valence-electron chi connectivity index (χ1n) is 9.78. The second-order valence-electron chi connectivity index (χ2n) is 8.21. The summed E-state index contributed by atoms with van der Waals surface area (Å²) in [4.78, 5) is 15.4. The highest BCUT2D eigenvalue weighted by Gasteiger charge is 2.48. The minimum absolute atomic E-state index is 0.0230. The molecule has 0 spiro atoms. The molecule has 0 aromatic rings. The van der Waals surface area contributed by atoms with Crippen LogP contribution in [0, 0.1) is 11.8 Å². The summed E-state index contributed by atoms with van der Waals surface area (Å²) < 4.78 is 13.6. The van der Waals surface area contributed by atoms with Crippen LogP contribution in [0.15, 0.2) is 0 Å². The van der Waals surface area contributed by atoms with Crippen LogP contribution in [-0.2, 0) is 4.79 Å². The van der Waals surface area contributed by atoms with Crippen LogP contribution in [0.1, 0.15) is 6.42 Å². The standard InChI is InChI=1S/C16H32FN9O/c1-24-4-3-10(14-20-8-21-25(14)2)11(7-24)22-16(27)12-13(18)23-26-6-9(17)5-19-15(12)26/h9-15,19-21,23H,3-8,18H2,1-2H3,(H,22,27). The number of nitrogens with two attached hydrogens (primary N) is 1. The van der Waals surface area contributed by atoms with E-state index in [0.717, 1.165) is 26.2 Å². The zero-order chi connectivity index (χ0) is 19.1. The average Bonchev–Trinajstić information content (AvgIpc) is 3.17. The van der Waals surface area contributed by atoms with E-state index in [2.05, 4.69) is 43.8 Å². The number of carbonyl (C=O) groups is 1. The van der Waals surface area contributed by atoms with Gasteiger partial charge in [0.25, 0.3) is 0 Å². The van der Waals surface area contributed by atoms with Gasteiger partial charge in [-0.05, 0) is 20.0 Å². The zero-order valence-corrected chi connectivity index (χ0v) is 16.0. The van der Waals surface area contributed by atoms with Crippen molar-refractivity contribution in [2.45, 2.75) is 37.1 Å². The SMILES string of the molecule is CN1CCC(C2NCNN2C)C(NC(=O)C2C(N)NN3CC(F)CNC23)C1. The number of amides is 1. The van der Waals surface area contributed by atoms with Crippen molar-refractivity contribution in [3.8, 4) is 0 Å². The number of likely N-dealkylation sites (tertiary alicyclic amines) is 1. The van der Waals surface area contributed by atoms with E-state index >= 15 is 0 Å². The summed E-state index contributed by atoms with van der Waals surface area (Å²) in [5, 5.41) is 13.7. The molecule has 0 aromatic heterocycles. The van der Waals surface area contributed by atoms with Gasteiger partial charge in [-0.1, -0.05) is 0 Å². The van der Waals surface area contributed by atoms with Crippen molar-refractivity contribution in [1.29, 1.82) is 0 Å². The summed E-state index contributed by atoms with van der Waals surface area (Å²) in [6.45, 7) is 3.02. The van der Waals surface area contributed by atoms with Crippen LogP contribution in [-0.4, -0.2) is 98.5 Å². The molecule has 7 unspecified atom stereocenters. The van der Waals surface area contributed by atoms with Gasteiger partial charge in [-0.25, -0.2) is 25.3 Å². The quantitative estimate of drug-likeness (QED) is 0.298. The summed E-state index contributed by atoms with van der Waals surface area (Å²) in [5.41, 5.74) is 12.5. The predicted octanol–water partition coefficient (Wildman–Crippen LogP) is -3.27. The van der Waals surface area contributed by atoms with Crippen molar-refractivity contribution >= 4 is 5.91 Å². The van der Waals surface area contributed by atoms with Gasteiger partial charge in [0.05, 0.1) is 31.1 Å². The van der Waals surface area contributed by atoms with E-state index in [9.17, 15) is 9.18 Å². The number of carbonyl (C=O) groups excluding carboxylic acids is 1. The Morgan fingerprint density at radius 1 is 1.22 bits per heavy atom. The lowest BCUT2D eigenvalue weighted by molar-refractivity contribution is -0.128. The summed E-state index contributed by atoms with van der Waals surface area (Å²) >= 11 is 0. The molecule has 154 valence electrons. The molecule has 0 bridgehead atoms. The second kappa shape index (κ2) is 7.84. The molecule has 4 aliphatic rings. The zero-order valence-electron chi connectivity index (χ0n) is 16.0. The summed E-state index contributed by atoms with van der Waals surface area (Å²) in [5.74, 6) is -0.245. The Morgan fingerprint density at radius 3 is 2.78 bits per heavy atom. The van der Waals surface area contributed by atoms with Gasteiger partial charge in [-0.3, -0.25) is 15.4 Å². The number of nitrogens with one attached hydrogen (secondary N) is 5. The first kappa shape index (κ1) is 19.4. The molecule has 10 nitrogen and oxygen atoms in total. The number of fused-ring (bicyclic) bond motifs is 1. The Kier molecular flexibility index (Phi) is 5.63. The topological polar surface area (TPSA) is 113 Å². The van der Waals surface area contributed by atoms with E-state index in [1.54, 1.807) is 5.01 Å². The highest BCUT2D eigenvalue weighted by Crippen LogP contribution is 2.26. The van der Waals surface area contributed by atoms with Gasteiger partial charge in [-0.2, -0.15) is 0 Å². The van der Waals surface area contributed by atoms with Crippen LogP contribution in [0.25, 0.3) is 0 Å². The lowest BCUT2D eigenvalue weighted by Crippen LogP contribution is -2.62. The smallest absolute Gasteiger partial charge is 0.229 e. The number of likely N-dealkylation sites (N-methyl/N-ethyl adjacent to an activating group) is 1. The Labute approximate surface area is 159 Å². The molecular formula is C16H32FN9O. The third kappa shape index (κ3) is 3.83. The third-order valence-corrected chi connectivity index (χ3v) is 6.28. The molecule has 4 fully saturated rings. The van der Waals surface area contributed by atoms with Crippen molar-refractivity contribution in [1.82, 2.24) is 41.7 Å². The van der Waals surface area contributed by atoms with E-state index in [1.165, 1.54) is 0 Å². The molecule has 7 atom stereocenters.